The molecule has 2 aromatic rings. The van der Waals surface area contributed by atoms with E-state index in [1.807, 2.05) is 30.3 Å². The molecule has 0 aromatic heterocycles. The van der Waals surface area contributed by atoms with Crippen LogP contribution in [0.5, 0.6) is 0 Å². The fraction of sp³-hybridized carbons (Fsp3) is 0.158. The summed E-state index contributed by atoms with van der Waals surface area (Å²) >= 11 is 12.0. The molecule has 0 heterocycles. The van der Waals surface area contributed by atoms with Gasteiger partial charge in [0, 0.05) is 12.6 Å². The van der Waals surface area contributed by atoms with Crippen molar-refractivity contribution >= 4 is 41.1 Å². The first-order chi connectivity index (χ1) is 12.0. The largest absolute Gasteiger partial charge is 0.350 e. The van der Waals surface area contributed by atoms with E-state index < -0.39 is 11.9 Å². The predicted octanol–water partition coefficient (Wildman–Crippen LogP) is 3.83. The van der Waals surface area contributed by atoms with Crippen LogP contribution in [0.1, 0.15) is 18.1 Å². The van der Waals surface area contributed by atoms with Crippen LogP contribution in [0.2, 0.25) is 10.0 Å². The molecular weight excluding hydrogens is 359 g/mol. The number of hydrogen-bond acceptors (Lipinski definition) is 2. The molecule has 0 aliphatic rings. The summed E-state index contributed by atoms with van der Waals surface area (Å²) in [7, 11) is 0. The second kappa shape index (κ2) is 9.25. The zero-order chi connectivity index (χ0) is 18.2. The minimum absolute atomic E-state index is 0.258. The van der Waals surface area contributed by atoms with Crippen molar-refractivity contribution in [2.45, 2.75) is 19.5 Å². The first-order valence-electron chi connectivity index (χ1n) is 7.71. The Morgan fingerprint density at radius 1 is 1.08 bits per heavy atom. The van der Waals surface area contributed by atoms with E-state index in [1.165, 1.54) is 6.08 Å². The third-order valence-electron chi connectivity index (χ3n) is 3.46. The lowest BCUT2D eigenvalue weighted by Crippen LogP contribution is -2.44. The molecule has 0 spiro atoms. The number of nitrogens with one attached hydrogen (secondary N) is 2. The average molecular weight is 377 g/mol. The lowest BCUT2D eigenvalue weighted by atomic mass is 10.2. The van der Waals surface area contributed by atoms with Crippen LogP contribution in [-0.2, 0) is 16.1 Å². The molecule has 0 saturated heterocycles. The first kappa shape index (κ1) is 19.0. The summed E-state index contributed by atoms with van der Waals surface area (Å²) in [5, 5.41) is 6.18. The molecule has 0 bridgehead atoms. The van der Waals surface area contributed by atoms with Crippen molar-refractivity contribution in [2.24, 2.45) is 0 Å². The summed E-state index contributed by atoms with van der Waals surface area (Å²) in [6.07, 6.45) is 2.87. The van der Waals surface area contributed by atoms with Crippen LogP contribution in [0.4, 0.5) is 0 Å². The summed E-state index contributed by atoms with van der Waals surface area (Å²) in [5.41, 5.74) is 1.62. The Labute approximate surface area is 156 Å². The highest BCUT2D eigenvalue weighted by atomic mass is 35.5. The van der Waals surface area contributed by atoms with E-state index in [1.54, 1.807) is 31.2 Å². The van der Waals surface area contributed by atoms with Gasteiger partial charge in [-0.3, -0.25) is 9.59 Å². The van der Waals surface area contributed by atoms with Crippen LogP contribution in [0.25, 0.3) is 6.08 Å². The average Bonchev–Trinajstić information content (AvgIpc) is 2.61. The highest BCUT2D eigenvalue weighted by Crippen LogP contribution is 2.26. The zero-order valence-electron chi connectivity index (χ0n) is 13.6. The van der Waals surface area contributed by atoms with Crippen LogP contribution in [0.3, 0.4) is 0 Å². The Kier molecular flexibility index (Phi) is 7.04. The highest BCUT2D eigenvalue weighted by Gasteiger charge is 2.13. The first-order valence-corrected chi connectivity index (χ1v) is 8.47. The zero-order valence-corrected chi connectivity index (χ0v) is 15.1. The standard InChI is InChI=1S/C19H18Cl2N2O2/c1-13(19(25)22-12-14-6-3-2-4-7-14)23-17(24)11-10-15-8-5-9-16(20)18(15)21/h2-11,13H,12H2,1H3,(H,22,25)(H,23,24). The smallest absolute Gasteiger partial charge is 0.244 e. The van der Waals surface area contributed by atoms with Gasteiger partial charge in [-0.2, -0.15) is 0 Å². The van der Waals surface area contributed by atoms with E-state index in [2.05, 4.69) is 10.6 Å². The molecule has 1 atom stereocenters. The maximum Gasteiger partial charge on any atom is 0.244 e. The topological polar surface area (TPSA) is 58.2 Å². The fourth-order valence-corrected chi connectivity index (χ4v) is 2.45. The van der Waals surface area contributed by atoms with Gasteiger partial charge in [-0.15, -0.1) is 0 Å². The van der Waals surface area contributed by atoms with Gasteiger partial charge in [0.05, 0.1) is 10.0 Å². The van der Waals surface area contributed by atoms with Gasteiger partial charge in [0.1, 0.15) is 6.04 Å². The van der Waals surface area contributed by atoms with Crippen molar-refractivity contribution < 1.29 is 9.59 Å². The van der Waals surface area contributed by atoms with Crippen LogP contribution < -0.4 is 10.6 Å². The number of rotatable bonds is 6. The Bertz CT molecular complexity index is 776. The van der Waals surface area contributed by atoms with Gasteiger partial charge in [0.25, 0.3) is 0 Å². The van der Waals surface area contributed by atoms with Crippen molar-refractivity contribution in [1.82, 2.24) is 10.6 Å². The molecule has 2 N–H and O–H groups in total. The van der Waals surface area contributed by atoms with Crippen molar-refractivity contribution in [3.63, 3.8) is 0 Å². The number of amides is 2. The maximum absolute atomic E-state index is 12.0. The third kappa shape index (κ3) is 5.93. The Morgan fingerprint density at radius 3 is 2.52 bits per heavy atom. The maximum atomic E-state index is 12.0. The van der Waals surface area contributed by atoms with Gasteiger partial charge in [-0.1, -0.05) is 65.7 Å². The molecule has 6 heteroatoms. The normalized spacial score (nSPS) is 12.0. The van der Waals surface area contributed by atoms with Gasteiger partial charge in [0.2, 0.25) is 11.8 Å². The van der Waals surface area contributed by atoms with E-state index in [-0.39, 0.29) is 5.91 Å². The van der Waals surface area contributed by atoms with E-state index in [9.17, 15) is 9.59 Å². The molecule has 130 valence electrons. The molecule has 0 radical (unpaired) electrons. The molecule has 1 unspecified atom stereocenters. The minimum Gasteiger partial charge on any atom is -0.350 e. The second-order valence-electron chi connectivity index (χ2n) is 5.41. The molecule has 2 rings (SSSR count). The molecule has 0 aliphatic carbocycles. The van der Waals surface area contributed by atoms with Gasteiger partial charge < -0.3 is 10.6 Å². The Balaban J connectivity index is 1.85. The van der Waals surface area contributed by atoms with Gasteiger partial charge in [-0.25, -0.2) is 0 Å². The summed E-state index contributed by atoms with van der Waals surface area (Å²) < 4.78 is 0. The predicted molar refractivity (Wildman–Crippen MR) is 101 cm³/mol. The minimum atomic E-state index is -0.657. The molecule has 0 saturated carbocycles. The fourth-order valence-electron chi connectivity index (χ4n) is 2.08. The van der Waals surface area contributed by atoms with Gasteiger partial charge in [0.15, 0.2) is 0 Å². The number of carbonyl (C=O) groups is 2. The quantitative estimate of drug-likeness (QED) is 0.752. The summed E-state index contributed by atoms with van der Waals surface area (Å²) in [5.74, 6) is -0.648. The Hall–Kier alpha value is -2.30. The lowest BCUT2D eigenvalue weighted by Gasteiger charge is -2.13. The highest BCUT2D eigenvalue weighted by molar-refractivity contribution is 6.42. The van der Waals surface area contributed by atoms with Crippen LogP contribution in [0, 0.1) is 0 Å². The number of carbonyl (C=O) groups excluding carboxylic acids is 2. The Morgan fingerprint density at radius 2 is 1.80 bits per heavy atom. The van der Waals surface area contributed by atoms with Crippen molar-refractivity contribution in [3.05, 3.63) is 75.8 Å². The van der Waals surface area contributed by atoms with Gasteiger partial charge >= 0.3 is 0 Å². The molecule has 4 nitrogen and oxygen atoms in total. The third-order valence-corrected chi connectivity index (χ3v) is 4.29. The van der Waals surface area contributed by atoms with E-state index >= 15 is 0 Å². The van der Waals surface area contributed by atoms with Crippen LogP contribution in [0.15, 0.2) is 54.6 Å². The van der Waals surface area contributed by atoms with E-state index in [4.69, 9.17) is 23.2 Å². The number of hydrogen-bond donors (Lipinski definition) is 2. The monoisotopic (exact) mass is 376 g/mol. The molecule has 2 amide bonds. The van der Waals surface area contributed by atoms with Crippen molar-refractivity contribution in [1.29, 1.82) is 0 Å². The van der Waals surface area contributed by atoms with E-state index in [0.717, 1.165) is 5.56 Å². The molecule has 2 aromatic carbocycles. The summed E-state index contributed by atoms with van der Waals surface area (Å²) in [4.78, 5) is 24.0. The number of halogens is 2. The SMILES string of the molecule is CC(NC(=O)C=Cc1cccc(Cl)c1Cl)C(=O)NCc1ccccc1. The molecular formula is C19H18Cl2N2O2. The lowest BCUT2D eigenvalue weighted by molar-refractivity contribution is -0.126. The summed E-state index contributed by atoms with van der Waals surface area (Å²) in [6, 6.07) is 14.0. The van der Waals surface area contributed by atoms with Crippen LogP contribution in [-0.4, -0.2) is 17.9 Å². The summed E-state index contributed by atoms with van der Waals surface area (Å²) in [6.45, 7) is 2.03. The second-order valence-corrected chi connectivity index (χ2v) is 6.20. The molecule has 0 aliphatic heterocycles. The number of benzene rings is 2. The van der Waals surface area contributed by atoms with Crippen LogP contribution >= 0.6 is 23.2 Å². The molecule has 0 fully saturated rings. The van der Waals surface area contributed by atoms with E-state index in [0.29, 0.717) is 22.2 Å². The molecule has 25 heavy (non-hydrogen) atoms. The van der Waals surface area contributed by atoms with Gasteiger partial charge in [-0.05, 0) is 30.2 Å². The van der Waals surface area contributed by atoms with Crippen molar-refractivity contribution in [2.75, 3.05) is 0 Å². The van der Waals surface area contributed by atoms with Crippen molar-refractivity contribution in [3.8, 4) is 0 Å².